The fourth-order valence-electron chi connectivity index (χ4n) is 4.52. The number of benzene rings is 3. The number of nitrogens with zero attached hydrogens (tertiary/aromatic N) is 2. The molecule has 3 aromatic carbocycles. The fraction of sp³-hybridized carbons (Fsp3) is 0.375. The SMILES string of the molecule is CC[C@H](C(=O)NCC(C)C)N(Cc1ccc(OC)cc1)C(=O)CN(c1ccc(Cl)c(C(F)(F)F)c1)S(=O)(=O)c1ccc(C)cc1. The highest BCUT2D eigenvalue weighted by Gasteiger charge is 2.37. The average Bonchev–Trinajstić information content (AvgIpc) is 2.98. The van der Waals surface area contributed by atoms with E-state index in [1.165, 1.54) is 36.3 Å². The first-order valence-electron chi connectivity index (χ1n) is 14.2. The number of amides is 2. The standard InChI is InChI=1S/C32H37ClF3N3O5S/c1-6-29(31(41)37-18-21(2)3)38(19-23-9-12-25(44-5)13-10-23)30(40)20-39(45(42,43)26-14-7-22(4)8-15-26)24-11-16-28(33)27(17-24)32(34,35)36/h7-17,21,29H,6,18-20H2,1-5H3,(H,37,41)/t29-/m1/s1. The number of carbonyl (C=O) groups excluding carboxylic acids is 2. The first-order valence-corrected chi connectivity index (χ1v) is 16.1. The van der Waals surface area contributed by atoms with Crippen LogP contribution in [0, 0.1) is 12.8 Å². The van der Waals surface area contributed by atoms with E-state index in [4.69, 9.17) is 16.3 Å². The summed E-state index contributed by atoms with van der Waals surface area (Å²) < 4.78 is 75.3. The Morgan fingerprint density at radius 1 is 1.00 bits per heavy atom. The molecule has 0 saturated heterocycles. The highest BCUT2D eigenvalue weighted by molar-refractivity contribution is 7.92. The Kier molecular flexibility index (Phi) is 11.9. The second-order valence-corrected chi connectivity index (χ2v) is 13.2. The number of alkyl halides is 3. The smallest absolute Gasteiger partial charge is 0.417 e. The van der Waals surface area contributed by atoms with Crippen molar-refractivity contribution in [3.05, 3.63) is 88.4 Å². The van der Waals surface area contributed by atoms with Crippen molar-refractivity contribution in [1.82, 2.24) is 10.2 Å². The van der Waals surface area contributed by atoms with Crippen LogP contribution in [0.4, 0.5) is 18.9 Å². The van der Waals surface area contributed by atoms with Crippen LogP contribution in [0.1, 0.15) is 43.9 Å². The molecule has 0 aliphatic rings. The van der Waals surface area contributed by atoms with Crippen molar-refractivity contribution in [3.8, 4) is 5.75 Å². The third kappa shape index (κ3) is 9.13. The van der Waals surface area contributed by atoms with E-state index in [-0.39, 0.29) is 23.8 Å². The van der Waals surface area contributed by atoms with E-state index in [0.717, 1.165) is 17.7 Å². The third-order valence-electron chi connectivity index (χ3n) is 7.01. The van der Waals surface area contributed by atoms with Crippen molar-refractivity contribution in [2.24, 2.45) is 5.92 Å². The first-order chi connectivity index (χ1) is 21.1. The second kappa shape index (κ2) is 15.0. The molecule has 0 spiro atoms. The summed E-state index contributed by atoms with van der Waals surface area (Å²) in [4.78, 5) is 28.5. The zero-order valence-electron chi connectivity index (χ0n) is 25.7. The van der Waals surface area contributed by atoms with E-state index >= 15 is 0 Å². The molecule has 3 rings (SSSR count). The zero-order chi connectivity index (χ0) is 33.5. The van der Waals surface area contributed by atoms with Crippen LogP contribution in [0.5, 0.6) is 5.75 Å². The summed E-state index contributed by atoms with van der Waals surface area (Å²) in [6.45, 7) is 6.66. The second-order valence-electron chi connectivity index (χ2n) is 10.9. The minimum absolute atomic E-state index is 0.0801. The molecule has 13 heteroatoms. The lowest BCUT2D eigenvalue weighted by molar-refractivity contribution is -0.140. The molecule has 1 atom stereocenters. The van der Waals surface area contributed by atoms with Crippen LogP contribution in [0.25, 0.3) is 0 Å². The van der Waals surface area contributed by atoms with Crippen LogP contribution in [0.2, 0.25) is 5.02 Å². The molecule has 0 saturated carbocycles. The molecule has 0 fully saturated rings. The number of hydrogen-bond acceptors (Lipinski definition) is 5. The highest BCUT2D eigenvalue weighted by atomic mass is 35.5. The van der Waals surface area contributed by atoms with Gasteiger partial charge >= 0.3 is 6.18 Å². The number of sulfonamides is 1. The van der Waals surface area contributed by atoms with Gasteiger partial charge in [0.15, 0.2) is 0 Å². The van der Waals surface area contributed by atoms with Gasteiger partial charge in [0.1, 0.15) is 18.3 Å². The van der Waals surface area contributed by atoms with Crippen molar-refractivity contribution in [2.75, 3.05) is 24.5 Å². The molecular formula is C32H37ClF3N3O5S. The van der Waals surface area contributed by atoms with Crippen LogP contribution in [-0.2, 0) is 32.3 Å². The monoisotopic (exact) mass is 667 g/mol. The Bertz CT molecular complexity index is 1580. The topological polar surface area (TPSA) is 96.0 Å². The average molecular weight is 668 g/mol. The van der Waals surface area contributed by atoms with E-state index in [9.17, 15) is 31.2 Å². The van der Waals surface area contributed by atoms with E-state index in [1.807, 2.05) is 13.8 Å². The van der Waals surface area contributed by atoms with Gasteiger partial charge in [-0.25, -0.2) is 8.42 Å². The third-order valence-corrected chi connectivity index (χ3v) is 9.13. The van der Waals surface area contributed by atoms with E-state index in [0.29, 0.717) is 28.2 Å². The molecule has 0 aliphatic carbocycles. The molecule has 1 N–H and O–H groups in total. The number of methoxy groups -OCH3 is 1. The summed E-state index contributed by atoms with van der Waals surface area (Å²) >= 11 is 5.83. The van der Waals surface area contributed by atoms with E-state index in [1.54, 1.807) is 38.1 Å². The molecule has 0 radical (unpaired) electrons. The molecule has 244 valence electrons. The zero-order valence-corrected chi connectivity index (χ0v) is 27.3. The van der Waals surface area contributed by atoms with Crippen LogP contribution in [-0.4, -0.2) is 51.4 Å². The molecule has 3 aromatic rings. The lowest BCUT2D eigenvalue weighted by atomic mass is 10.1. The fourth-order valence-corrected chi connectivity index (χ4v) is 6.15. The van der Waals surface area contributed by atoms with Gasteiger partial charge in [0, 0.05) is 13.1 Å². The number of aryl methyl sites for hydroxylation is 1. The number of halogens is 4. The molecular weight excluding hydrogens is 631 g/mol. The summed E-state index contributed by atoms with van der Waals surface area (Å²) in [5, 5.41) is 2.20. The summed E-state index contributed by atoms with van der Waals surface area (Å²) in [6.07, 6.45) is -4.70. The summed E-state index contributed by atoms with van der Waals surface area (Å²) in [5.41, 5.74) is -0.292. The van der Waals surface area contributed by atoms with Gasteiger partial charge in [-0.2, -0.15) is 13.2 Å². The van der Waals surface area contributed by atoms with E-state index in [2.05, 4.69) is 5.32 Å². The molecule has 2 amide bonds. The van der Waals surface area contributed by atoms with Crippen molar-refractivity contribution in [3.63, 3.8) is 0 Å². The Hall–Kier alpha value is -3.77. The van der Waals surface area contributed by atoms with Crippen LogP contribution < -0.4 is 14.4 Å². The first kappa shape index (κ1) is 35.7. The minimum atomic E-state index is -4.89. The Morgan fingerprint density at radius 3 is 2.16 bits per heavy atom. The van der Waals surface area contributed by atoms with Gasteiger partial charge in [-0.15, -0.1) is 0 Å². The number of carbonyl (C=O) groups is 2. The number of hydrogen-bond donors (Lipinski definition) is 1. The summed E-state index contributed by atoms with van der Waals surface area (Å²) in [5.74, 6) is -0.541. The van der Waals surface area contributed by atoms with Gasteiger partial charge in [-0.05, 0) is 67.3 Å². The quantitative estimate of drug-likeness (QED) is 0.226. The summed E-state index contributed by atoms with van der Waals surface area (Å²) in [6, 6.07) is 14.1. The Balaban J connectivity index is 2.13. The number of ether oxygens (including phenoxy) is 1. The number of nitrogens with one attached hydrogen (secondary N) is 1. The largest absolute Gasteiger partial charge is 0.497 e. The van der Waals surface area contributed by atoms with Crippen molar-refractivity contribution >= 4 is 39.1 Å². The van der Waals surface area contributed by atoms with Crippen LogP contribution in [0.15, 0.2) is 71.6 Å². The maximum atomic E-state index is 14.1. The van der Waals surface area contributed by atoms with Gasteiger partial charge in [0.05, 0.1) is 28.3 Å². The molecule has 0 unspecified atom stereocenters. The Morgan fingerprint density at radius 2 is 1.62 bits per heavy atom. The minimum Gasteiger partial charge on any atom is -0.497 e. The molecule has 8 nitrogen and oxygen atoms in total. The number of rotatable bonds is 13. The van der Waals surface area contributed by atoms with Crippen molar-refractivity contribution in [1.29, 1.82) is 0 Å². The van der Waals surface area contributed by atoms with Crippen LogP contribution >= 0.6 is 11.6 Å². The maximum absolute atomic E-state index is 14.1. The van der Waals surface area contributed by atoms with Crippen molar-refractivity contribution in [2.45, 2.75) is 57.8 Å². The predicted octanol–water partition coefficient (Wildman–Crippen LogP) is 6.45. The molecule has 45 heavy (non-hydrogen) atoms. The molecule has 0 bridgehead atoms. The normalized spacial score (nSPS) is 12.5. The van der Waals surface area contributed by atoms with Gasteiger partial charge in [0.2, 0.25) is 11.8 Å². The Labute approximate surface area is 267 Å². The van der Waals surface area contributed by atoms with Crippen LogP contribution in [0.3, 0.4) is 0 Å². The maximum Gasteiger partial charge on any atom is 0.417 e. The van der Waals surface area contributed by atoms with Gasteiger partial charge < -0.3 is 15.0 Å². The van der Waals surface area contributed by atoms with Gasteiger partial charge in [-0.1, -0.05) is 62.2 Å². The lowest BCUT2D eigenvalue weighted by Gasteiger charge is -2.33. The molecule has 0 heterocycles. The number of anilines is 1. The van der Waals surface area contributed by atoms with Crippen molar-refractivity contribution < 1.29 is 35.9 Å². The molecule has 0 aliphatic heterocycles. The summed E-state index contributed by atoms with van der Waals surface area (Å²) in [7, 11) is -3.07. The van der Waals surface area contributed by atoms with Gasteiger partial charge in [0.25, 0.3) is 10.0 Å². The van der Waals surface area contributed by atoms with E-state index < -0.39 is 56.9 Å². The predicted molar refractivity (Wildman–Crippen MR) is 168 cm³/mol. The highest BCUT2D eigenvalue weighted by Crippen LogP contribution is 2.38. The molecule has 0 aromatic heterocycles. The van der Waals surface area contributed by atoms with Gasteiger partial charge in [-0.3, -0.25) is 13.9 Å². The lowest BCUT2D eigenvalue weighted by Crippen LogP contribution is -2.52.